The highest BCUT2D eigenvalue weighted by atomic mass is 16.2. The average Bonchev–Trinajstić information content (AvgIpc) is 2.85. The summed E-state index contributed by atoms with van der Waals surface area (Å²) >= 11 is 0. The van der Waals surface area contributed by atoms with Gasteiger partial charge in [-0.3, -0.25) is 10.1 Å². The minimum atomic E-state index is -0.481. The van der Waals surface area contributed by atoms with Gasteiger partial charge in [0.2, 0.25) is 5.91 Å². The van der Waals surface area contributed by atoms with E-state index in [4.69, 9.17) is 0 Å². The number of benzene rings is 3. The quantitative estimate of drug-likeness (QED) is 0.554. The molecule has 3 aromatic carbocycles. The molecule has 0 spiro atoms. The maximum atomic E-state index is 12.5. The maximum absolute atomic E-state index is 12.5. The minimum absolute atomic E-state index is 0.268. The van der Waals surface area contributed by atoms with Crippen LogP contribution in [0.1, 0.15) is 60.3 Å². The first-order valence-corrected chi connectivity index (χ1v) is 11.8. The Morgan fingerprint density at radius 3 is 1.85 bits per heavy atom. The third kappa shape index (κ3) is 4.23. The summed E-state index contributed by atoms with van der Waals surface area (Å²) in [5, 5.41) is 5.33. The fourth-order valence-corrected chi connectivity index (χ4v) is 5.31. The van der Waals surface area contributed by atoms with Crippen LogP contribution in [0.5, 0.6) is 0 Å². The summed E-state index contributed by atoms with van der Waals surface area (Å²) in [5.41, 5.74) is 7.14. The Kier molecular flexibility index (Phi) is 5.86. The van der Waals surface area contributed by atoms with Crippen molar-refractivity contribution in [2.75, 3.05) is 23.3 Å². The van der Waals surface area contributed by atoms with E-state index in [2.05, 4.69) is 76.2 Å². The van der Waals surface area contributed by atoms with Crippen LogP contribution in [0.25, 0.3) is 0 Å². The van der Waals surface area contributed by atoms with Crippen molar-refractivity contribution in [2.45, 2.75) is 38.0 Å². The molecule has 168 valence electrons. The molecular weight excluding hydrogens is 410 g/mol. The second-order valence-electron chi connectivity index (χ2n) is 8.85. The van der Waals surface area contributed by atoms with Crippen LogP contribution < -0.4 is 15.5 Å². The SMILES string of the molecule is CCC(=O)NC(=O)Nc1cc2c3c(c1)C(c1ccccc1)CCN3CCC2c1ccccc1. The standard InChI is InChI=1S/C28H29N3O2/c1-2-26(32)30-28(33)29-21-17-24-22(19-9-5-3-6-10-19)13-15-31-16-14-23(25(18-21)27(24)31)20-11-7-4-8-12-20/h3-12,17-18,22-23H,2,13-16H2,1H3,(H2,29,30,32,33). The molecule has 0 bridgehead atoms. The fourth-order valence-electron chi connectivity index (χ4n) is 5.31. The molecule has 3 amide bonds. The van der Waals surface area contributed by atoms with Crippen LogP contribution in [-0.2, 0) is 4.79 Å². The van der Waals surface area contributed by atoms with E-state index in [1.165, 1.54) is 27.9 Å². The molecule has 2 atom stereocenters. The lowest BCUT2D eigenvalue weighted by Crippen LogP contribution is -2.38. The summed E-state index contributed by atoms with van der Waals surface area (Å²) < 4.78 is 0. The number of carbonyl (C=O) groups is 2. The lowest BCUT2D eigenvalue weighted by atomic mass is 9.76. The van der Waals surface area contributed by atoms with Crippen molar-refractivity contribution in [1.29, 1.82) is 0 Å². The van der Waals surface area contributed by atoms with Gasteiger partial charge in [-0.1, -0.05) is 67.6 Å². The first kappa shape index (κ1) is 21.3. The molecule has 0 saturated carbocycles. The van der Waals surface area contributed by atoms with Gasteiger partial charge in [-0.05, 0) is 47.2 Å². The summed E-state index contributed by atoms with van der Waals surface area (Å²) in [6.07, 6.45) is 2.34. The van der Waals surface area contributed by atoms with Gasteiger partial charge in [0.05, 0.1) is 0 Å². The minimum Gasteiger partial charge on any atom is -0.371 e. The molecule has 0 aromatic heterocycles. The third-order valence-corrected chi connectivity index (χ3v) is 6.85. The number of nitrogens with one attached hydrogen (secondary N) is 2. The highest BCUT2D eigenvalue weighted by Gasteiger charge is 2.35. The van der Waals surface area contributed by atoms with Gasteiger partial charge < -0.3 is 10.2 Å². The summed E-state index contributed by atoms with van der Waals surface area (Å²) in [7, 11) is 0. The Bertz CT molecular complexity index is 1090. The molecule has 2 unspecified atom stereocenters. The molecule has 0 aliphatic carbocycles. The first-order valence-electron chi connectivity index (χ1n) is 11.8. The number of urea groups is 1. The number of hydrogen-bond acceptors (Lipinski definition) is 3. The molecule has 0 saturated heterocycles. The van der Waals surface area contributed by atoms with Gasteiger partial charge in [-0.2, -0.15) is 0 Å². The molecule has 33 heavy (non-hydrogen) atoms. The number of imide groups is 1. The van der Waals surface area contributed by atoms with Gasteiger partial charge in [0.1, 0.15) is 0 Å². The van der Waals surface area contributed by atoms with Crippen molar-refractivity contribution in [3.63, 3.8) is 0 Å². The highest BCUT2D eigenvalue weighted by Crippen LogP contribution is 2.49. The van der Waals surface area contributed by atoms with E-state index in [0.29, 0.717) is 0 Å². The summed E-state index contributed by atoms with van der Waals surface area (Å²) in [6.45, 7) is 3.79. The highest BCUT2D eigenvalue weighted by molar-refractivity contribution is 6.01. The Labute approximate surface area is 194 Å². The van der Waals surface area contributed by atoms with Crippen LogP contribution in [0.2, 0.25) is 0 Å². The largest absolute Gasteiger partial charge is 0.371 e. The van der Waals surface area contributed by atoms with E-state index in [9.17, 15) is 9.59 Å². The first-order chi connectivity index (χ1) is 16.1. The van der Waals surface area contributed by atoms with Gasteiger partial charge >= 0.3 is 6.03 Å². The van der Waals surface area contributed by atoms with Gasteiger partial charge in [0, 0.05) is 42.7 Å². The predicted octanol–water partition coefficient (Wildman–Crippen LogP) is 5.62. The third-order valence-electron chi connectivity index (χ3n) is 6.85. The van der Waals surface area contributed by atoms with E-state index >= 15 is 0 Å². The second kappa shape index (κ2) is 9.10. The number of rotatable bonds is 4. The van der Waals surface area contributed by atoms with Crippen molar-refractivity contribution in [1.82, 2.24) is 5.32 Å². The molecule has 0 fully saturated rings. The lowest BCUT2D eigenvalue weighted by molar-refractivity contribution is -0.119. The van der Waals surface area contributed by atoms with Gasteiger partial charge in [-0.25, -0.2) is 4.79 Å². The Morgan fingerprint density at radius 1 is 0.848 bits per heavy atom. The van der Waals surface area contributed by atoms with Crippen molar-refractivity contribution in [3.05, 3.63) is 95.1 Å². The number of carbonyl (C=O) groups excluding carboxylic acids is 2. The van der Waals surface area contributed by atoms with Crippen molar-refractivity contribution in [2.24, 2.45) is 0 Å². The van der Waals surface area contributed by atoms with Crippen LogP contribution in [0, 0.1) is 0 Å². The molecule has 3 aromatic rings. The Balaban J connectivity index is 1.61. The topological polar surface area (TPSA) is 61.4 Å². The van der Waals surface area contributed by atoms with E-state index in [1.54, 1.807) is 6.92 Å². The van der Waals surface area contributed by atoms with Gasteiger partial charge in [-0.15, -0.1) is 0 Å². The van der Waals surface area contributed by atoms with Crippen molar-refractivity contribution in [3.8, 4) is 0 Å². The molecular formula is C28H29N3O2. The molecule has 2 aliphatic heterocycles. The van der Waals surface area contributed by atoms with E-state index < -0.39 is 6.03 Å². The number of anilines is 2. The van der Waals surface area contributed by atoms with Crippen LogP contribution in [0.3, 0.4) is 0 Å². The summed E-state index contributed by atoms with van der Waals surface area (Å²) in [6, 6.07) is 24.9. The predicted molar refractivity (Wildman–Crippen MR) is 132 cm³/mol. The van der Waals surface area contributed by atoms with E-state index in [1.807, 2.05) is 12.1 Å². The molecule has 2 aliphatic rings. The fraction of sp³-hybridized carbons (Fsp3) is 0.286. The van der Waals surface area contributed by atoms with Gasteiger partial charge in [0.25, 0.3) is 0 Å². The van der Waals surface area contributed by atoms with Gasteiger partial charge in [0.15, 0.2) is 0 Å². The van der Waals surface area contributed by atoms with E-state index in [-0.39, 0.29) is 24.2 Å². The van der Waals surface area contributed by atoms with Crippen LogP contribution >= 0.6 is 0 Å². The van der Waals surface area contributed by atoms with Crippen molar-refractivity contribution >= 4 is 23.3 Å². The number of hydrogen-bond donors (Lipinski definition) is 2. The zero-order chi connectivity index (χ0) is 22.8. The molecule has 0 radical (unpaired) electrons. The Hall–Kier alpha value is -3.60. The second-order valence-corrected chi connectivity index (χ2v) is 8.85. The Morgan fingerprint density at radius 2 is 1.36 bits per heavy atom. The average molecular weight is 440 g/mol. The maximum Gasteiger partial charge on any atom is 0.325 e. The molecule has 5 rings (SSSR count). The monoisotopic (exact) mass is 439 g/mol. The van der Waals surface area contributed by atoms with Crippen molar-refractivity contribution < 1.29 is 9.59 Å². The molecule has 2 heterocycles. The zero-order valence-corrected chi connectivity index (χ0v) is 18.9. The van der Waals surface area contributed by atoms with Crippen LogP contribution in [-0.4, -0.2) is 25.0 Å². The number of nitrogens with zero attached hydrogens (tertiary/aromatic N) is 1. The lowest BCUT2D eigenvalue weighted by Gasteiger charge is -2.43. The van der Waals surface area contributed by atoms with E-state index in [0.717, 1.165) is 31.6 Å². The zero-order valence-electron chi connectivity index (χ0n) is 18.9. The van der Waals surface area contributed by atoms with Crippen LogP contribution in [0.15, 0.2) is 72.8 Å². The molecule has 5 nitrogen and oxygen atoms in total. The number of amides is 3. The summed E-state index contributed by atoms with van der Waals surface area (Å²) in [5.74, 6) is 0.253. The normalized spacial score (nSPS) is 18.9. The molecule has 2 N–H and O–H groups in total. The molecule has 5 heteroatoms. The smallest absolute Gasteiger partial charge is 0.325 e. The van der Waals surface area contributed by atoms with Crippen LogP contribution in [0.4, 0.5) is 16.2 Å². The summed E-state index contributed by atoms with van der Waals surface area (Å²) in [4.78, 5) is 26.7.